The van der Waals surface area contributed by atoms with Crippen LogP contribution in [0, 0.1) is 35.3 Å². The predicted octanol–water partition coefficient (Wildman–Crippen LogP) is 5.31. The highest BCUT2D eigenvalue weighted by Gasteiger charge is 2.52. The maximum absolute atomic E-state index is 16.9. The van der Waals surface area contributed by atoms with Crippen LogP contribution in [-0.4, -0.2) is 82.4 Å². The summed E-state index contributed by atoms with van der Waals surface area (Å²) in [6, 6.07) is 6.24. The number of piperidine rings is 1. The van der Waals surface area contributed by atoms with Crippen molar-refractivity contribution in [3.05, 3.63) is 47.7 Å². The number of rotatable bonds is 7. The predicted molar refractivity (Wildman–Crippen MR) is 185 cm³/mol. The molecule has 4 aromatic rings. The molecule has 0 radical (unpaired) electrons. The molecule has 2 aliphatic heterocycles. The number of halogens is 2. The third-order valence-electron chi connectivity index (χ3n) is 11.4. The lowest BCUT2D eigenvalue weighted by Crippen LogP contribution is -2.59. The van der Waals surface area contributed by atoms with Gasteiger partial charge in [-0.05, 0) is 75.1 Å². The van der Waals surface area contributed by atoms with Gasteiger partial charge in [0.2, 0.25) is 5.91 Å². The van der Waals surface area contributed by atoms with Crippen molar-refractivity contribution in [2.75, 3.05) is 44.4 Å². The van der Waals surface area contributed by atoms with Gasteiger partial charge in [-0.2, -0.15) is 9.97 Å². The minimum Gasteiger partial charge on any atom is -0.508 e. The van der Waals surface area contributed by atoms with E-state index in [1.807, 2.05) is 4.90 Å². The Morgan fingerprint density at radius 1 is 1.12 bits per heavy atom. The van der Waals surface area contributed by atoms with E-state index in [1.54, 1.807) is 0 Å². The van der Waals surface area contributed by atoms with Crippen LogP contribution >= 0.6 is 0 Å². The van der Waals surface area contributed by atoms with Crippen molar-refractivity contribution in [3.63, 3.8) is 0 Å². The molecule has 260 valence electrons. The lowest BCUT2D eigenvalue weighted by molar-refractivity contribution is -0.128. The Balaban J connectivity index is 1.19. The van der Waals surface area contributed by atoms with Gasteiger partial charge in [0, 0.05) is 60.3 Å². The largest absolute Gasteiger partial charge is 0.508 e. The Morgan fingerprint density at radius 3 is 2.78 bits per heavy atom. The number of hydrogen-bond donors (Lipinski definition) is 2. The molecule has 3 N–H and O–H groups in total. The molecule has 1 amide bonds. The number of ether oxygens (including phenoxy) is 2. The number of amides is 1. The van der Waals surface area contributed by atoms with Gasteiger partial charge < -0.3 is 25.2 Å². The molecule has 4 fully saturated rings. The van der Waals surface area contributed by atoms with E-state index in [9.17, 15) is 14.3 Å². The first kappa shape index (κ1) is 32.6. The summed E-state index contributed by atoms with van der Waals surface area (Å²) in [5.41, 5.74) is 5.47. The molecule has 8 rings (SSSR count). The van der Waals surface area contributed by atoms with Gasteiger partial charge in [0.15, 0.2) is 5.82 Å². The number of primary amides is 1. The first-order valence-corrected chi connectivity index (χ1v) is 17.6. The number of likely N-dealkylation sites (tertiary alicyclic amines) is 1. The topological polar surface area (TPSA) is 127 Å². The SMILES string of the molecule is C#Cc1c(F)ccc2cc(O)cc(-c3ncc4c(N5CCCOCC5)nc(OCC56CCCC5N(C5CC(C(N)=O)C5)CCC6)nc4c3F)c12. The molecule has 2 unspecified atom stereocenters. The Kier molecular flexibility index (Phi) is 8.43. The van der Waals surface area contributed by atoms with E-state index in [2.05, 4.69) is 20.8 Å². The second-order valence-electron chi connectivity index (χ2n) is 14.2. The minimum atomic E-state index is -0.754. The number of terminal acetylenes is 1. The zero-order valence-electron chi connectivity index (χ0n) is 27.8. The molecule has 12 heteroatoms. The fraction of sp³-hybridized carbons (Fsp3) is 0.474. The lowest BCUT2D eigenvalue weighted by atomic mass is 9.71. The normalized spacial score (nSPS) is 25.5. The molecule has 4 heterocycles. The highest BCUT2D eigenvalue weighted by atomic mass is 19.1. The average Bonchev–Trinajstić information content (AvgIpc) is 3.33. The quantitative estimate of drug-likeness (QED) is 0.249. The van der Waals surface area contributed by atoms with Crippen LogP contribution in [0.25, 0.3) is 32.9 Å². The van der Waals surface area contributed by atoms with Crippen molar-refractivity contribution in [1.29, 1.82) is 0 Å². The number of carbonyl (C=O) groups excluding carboxylic acids is 1. The van der Waals surface area contributed by atoms with Crippen LogP contribution < -0.4 is 15.4 Å². The third kappa shape index (κ3) is 5.57. The van der Waals surface area contributed by atoms with E-state index in [4.69, 9.17) is 26.6 Å². The molecular weight excluding hydrogens is 642 g/mol. The molecular formula is C38H40F2N6O4. The van der Waals surface area contributed by atoms with Gasteiger partial charge in [-0.25, -0.2) is 8.78 Å². The van der Waals surface area contributed by atoms with E-state index in [0.717, 1.165) is 57.9 Å². The van der Waals surface area contributed by atoms with Crippen LogP contribution in [-0.2, 0) is 9.53 Å². The van der Waals surface area contributed by atoms with Gasteiger partial charge in [-0.3, -0.25) is 14.7 Å². The summed E-state index contributed by atoms with van der Waals surface area (Å²) >= 11 is 0. The van der Waals surface area contributed by atoms with Crippen LogP contribution in [0.1, 0.15) is 56.9 Å². The van der Waals surface area contributed by atoms with E-state index in [-0.39, 0.29) is 56.7 Å². The fourth-order valence-electron chi connectivity index (χ4n) is 8.90. The second kappa shape index (κ2) is 12.9. The Morgan fingerprint density at radius 2 is 1.96 bits per heavy atom. The van der Waals surface area contributed by atoms with Crippen molar-refractivity contribution in [2.45, 2.75) is 63.5 Å². The molecule has 4 aliphatic rings. The van der Waals surface area contributed by atoms with E-state index in [0.29, 0.717) is 61.6 Å². The highest BCUT2D eigenvalue weighted by Crippen LogP contribution is 2.51. The number of carbonyl (C=O) groups is 1. The van der Waals surface area contributed by atoms with Gasteiger partial charge in [0.1, 0.15) is 28.6 Å². The van der Waals surface area contributed by atoms with Crippen LogP contribution in [0.5, 0.6) is 11.8 Å². The molecule has 0 bridgehead atoms. The zero-order chi connectivity index (χ0) is 34.6. The molecule has 2 saturated heterocycles. The Labute approximate surface area is 289 Å². The van der Waals surface area contributed by atoms with Crippen molar-refractivity contribution in [3.8, 4) is 35.4 Å². The van der Waals surface area contributed by atoms with Gasteiger partial charge in [0.05, 0.1) is 24.2 Å². The number of pyridine rings is 1. The van der Waals surface area contributed by atoms with Gasteiger partial charge >= 0.3 is 6.01 Å². The summed E-state index contributed by atoms with van der Waals surface area (Å²) in [7, 11) is 0. The van der Waals surface area contributed by atoms with Crippen LogP contribution in [0.4, 0.5) is 14.6 Å². The van der Waals surface area contributed by atoms with Gasteiger partial charge in [0.25, 0.3) is 0 Å². The smallest absolute Gasteiger partial charge is 0.319 e. The number of benzene rings is 2. The van der Waals surface area contributed by atoms with E-state index in [1.165, 1.54) is 30.5 Å². The molecule has 2 aliphatic carbocycles. The summed E-state index contributed by atoms with van der Waals surface area (Å²) in [6.07, 6.45) is 14.8. The summed E-state index contributed by atoms with van der Waals surface area (Å²) in [4.78, 5) is 30.4. The molecule has 2 atom stereocenters. The molecule has 2 aromatic carbocycles. The molecule has 10 nitrogen and oxygen atoms in total. The standard InChI is InChI=1S/C38H40F2N6O4/c1-2-26-29(39)8-7-22-18-25(47)19-27(31(22)26)33-32(40)34-28(20-42-33)36(45-11-5-14-49-15-13-45)44-37(43-34)50-21-38-9-3-6-30(38)46(12-4-10-38)24-16-23(17-24)35(41)48/h1,7-8,18-20,23-24,30,47H,3-6,9-17,21H2,(H2,41,48). The number of nitrogens with zero attached hydrogens (tertiary/aromatic N) is 5. The summed E-state index contributed by atoms with van der Waals surface area (Å²) in [6.45, 7) is 3.67. The van der Waals surface area contributed by atoms with Crippen molar-refractivity contribution in [2.24, 2.45) is 17.1 Å². The maximum atomic E-state index is 16.9. The van der Waals surface area contributed by atoms with Crippen LogP contribution in [0.2, 0.25) is 0 Å². The first-order valence-electron chi connectivity index (χ1n) is 17.6. The highest BCUT2D eigenvalue weighted by molar-refractivity contribution is 6.03. The van der Waals surface area contributed by atoms with Crippen LogP contribution in [0.3, 0.4) is 0 Å². The molecule has 0 spiro atoms. The van der Waals surface area contributed by atoms with Gasteiger partial charge in [-0.15, -0.1) is 6.42 Å². The zero-order valence-corrected chi connectivity index (χ0v) is 27.8. The van der Waals surface area contributed by atoms with E-state index >= 15 is 4.39 Å². The monoisotopic (exact) mass is 682 g/mol. The average molecular weight is 683 g/mol. The Hall–Kier alpha value is -4.60. The van der Waals surface area contributed by atoms with Crippen molar-refractivity contribution < 1.29 is 28.2 Å². The van der Waals surface area contributed by atoms with Crippen molar-refractivity contribution in [1.82, 2.24) is 19.9 Å². The van der Waals surface area contributed by atoms with Gasteiger partial charge in [-0.1, -0.05) is 18.4 Å². The minimum absolute atomic E-state index is 0.00743. The third-order valence-corrected chi connectivity index (χ3v) is 11.4. The lowest BCUT2D eigenvalue weighted by Gasteiger charge is -2.52. The number of anilines is 1. The second-order valence-corrected chi connectivity index (χ2v) is 14.2. The number of phenols is 1. The summed E-state index contributed by atoms with van der Waals surface area (Å²) < 4.78 is 44.0. The first-order chi connectivity index (χ1) is 24.3. The molecule has 2 aromatic heterocycles. The Bertz CT molecular complexity index is 2020. The number of phenolic OH excluding ortho intramolecular Hbond substituents is 1. The summed E-state index contributed by atoms with van der Waals surface area (Å²) in [5.74, 6) is 1.10. The molecule has 2 saturated carbocycles. The van der Waals surface area contributed by atoms with Crippen LogP contribution in [0.15, 0.2) is 30.5 Å². The fourth-order valence-corrected chi connectivity index (χ4v) is 8.90. The summed E-state index contributed by atoms with van der Waals surface area (Å²) in [5, 5.41) is 11.7. The number of hydrogen-bond acceptors (Lipinski definition) is 9. The van der Waals surface area contributed by atoms with Crippen molar-refractivity contribution >= 4 is 33.4 Å². The maximum Gasteiger partial charge on any atom is 0.319 e. The number of fused-ring (bicyclic) bond motifs is 3. The number of aromatic hydroxyl groups is 1. The number of nitrogens with two attached hydrogens (primary N) is 1. The number of aromatic nitrogens is 3. The van der Waals surface area contributed by atoms with E-state index < -0.39 is 11.6 Å². The molecule has 50 heavy (non-hydrogen) atoms.